The molecule has 10 heteroatoms. The number of nitrogens with zero attached hydrogens (tertiary/aromatic N) is 4. The molecule has 0 amide bonds. The molecule has 0 saturated carbocycles. The summed E-state index contributed by atoms with van der Waals surface area (Å²) in [4.78, 5) is 0.0700. The lowest BCUT2D eigenvalue weighted by Gasteiger charge is -2.08. The first-order valence-corrected chi connectivity index (χ1v) is 8.56. The Morgan fingerprint density at radius 1 is 1.38 bits per heavy atom. The molecule has 0 fully saturated rings. The highest BCUT2D eigenvalue weighted by Gasteiger charge is 2.20. The van der Waals surface area contributed by atoms with Crippen LogP contribution in [0, 0.1) is 0 Å². The van der Waals surface area contributed by atoms with Crippen LogP contribution in [0.4, 0.5) is 5.69 Å². The smallest absolute Gasteiger partial charge is 0.265 e. The van der Waals surface area contributed by atoms with Crippen LogP contribution in [0.15, 0.2) is 29.4 Å². The van der Waals surface area contributed by atoms with E-state index in [0.29, 0.717) is 17.6 Å². The monoisotopic (exact) mass is 343 g/mol. The van der Waals surface area contributed by atoms with Gasteiger partial charge in [0, 0.05) is 12.7 Å². The Kier molecular flexibility index (Phi) is 3.56. The normalized spacial score (nSPS) is 11.9. The summed E-state index contributed by atoms with van der Waals surface area (Å²) >= 11 is 7.07. The van der Waals surface area contributed by atoms with Crippen LogP contribution in [0.5, 0.6) is 0 Å². The van der Waals surface area contributed by atoms with E-state index in [4.69, 9.17) is 11.6 Å². The molecule has 0 atom stereocenters. The average molecular weight is 344 g/mol. The molecule has 0 saturated heterocycles. The fourth-order valence-corrected chi connectivity index (χ4v) is 3.61. The first-order chi connectivity index (χ1) is 10.0. The number of hydrogen-bond acceptors (Lipinski definition) is 6. The first-order valence-electron chi connectivity index (χ1n) is 5.97. The van der Waals surface area contributed by atoms with Gasteiger partial charge in [-0.25, -0.2) is 8.42 Å². The Labute approximate surface area is 129 Å². The molecule has 0 spiro atoms. The molecule has 3 rings (SSSR count). The number of halogens is 1. The molecule has 0 aliphatic carbocycles. The number of anilines is 1. The third-order valence-electron chi connectivity index (χ3n) is 2.86. The van der Waals surface area contributed by atoms with Crippen molar-refractivity contribution < 1.29 is 8.42 Å². The molecule has 1 aromatic carbocycles. The molecule has 0 unspecified atom stereocenters. The molecule has 7 nitrogen and oxygen atoms in total. The van der Waals surface area contributed by atoms with E-state index in [1.165, 1.54) is 17.1 Å². The largest absolute Gasteiger partial charge is 0.276 e. The zero-order valence-corrected chi connectivity index (χ0v) is 13.2. The van der Waals surface area contributed by atoms with Crippen molar-refractivity contribution in [3.8, 4) is 0 Å². The lowest BCUT2D eigenvalue weighted by molar-refractivity contribution is 0.600. The molecule has 0 radical (unpaired) electrons. The van der Waals surface area contributed by atoms with E-state index in [0.717, 1.165) is 11.7 Å². The van der Waals surface area contributed by atoms with Crippen LogP contribution in [-0.2, 0) is 16.6 Å². The summed E-state index contributed by atoms with van der Waals surface area (Å²) in [7, 11) is -3.78. The quantitative estimate of drug-likeness (QED) is 0.785. The van der Waals surface area contributed by atoms with Crippen molar-refractivity contribution in [1.29, 1.82) is 0 Å². The molecule has 21 heavy (non-hydrogen) atoms. The Bertz CT molecular complexity index is 902. The van der Waals surface area contributed by atoms with Crippen LogP contribution < -0.4 is 4.72 Å². The van der Waals surface area contributed by atoms with Crippen molar-refractivity contribution in [2.24, 2.45) is 0 Å². The van der Waals surface area contributed by atoms with E-state index in [2.05, 4.69) is 18.6 Å². The van der Waals surface area contributed by atoms with Crippen molar-refractivity contribution in [2.45, 2.75) is 18.4 Å². The van der Waals surface area contributed by atoms with E-state index >= 15 is 0 Å². The summed E-state index contributed by atoms with van der Waals surface area (Å²) in [5, 5.41) is 4.22. The molecular weight excluding hydrogens is 334 g/mol. The summed E-state index contributed by atoms with van der Waals surface area (Å²) in [5.74, 6) is 0. The summed E-state index contributed by atoms with van der Waals surface area (Å²) < 4.78 is 36.9. The summed E-state index contributed by atoms with van der Waals surface area (Å²) in [6.45, 7) is 2.46. The lowest BCUT2D eigenvalue weighted by atomic mass is 10.3. The van der Waals surface area contributed by atoms with Crippen LogP contribution >= 0.6 is 23.3 Å². The second-order valence-electron chi connectivity index (χ2n) is 4.19. The van der Waals surface area contributed by atoms with Crippen molar-refractivity contribution in [2.75, 3.05) is 4.72 Å². The topological polar surface area (TPSA) is 89.8 Å². The predicted molar refractivity (Wildman–Crippen MR) is 81.1 cm³/mol. The van der Waals surface area contributed by atoms with Gasteiger partial charge in [0.05, 0.1) is 28.6 Å². The van der Waals surface area contributed by atoms with Crippen molar-refractivity contribution in [3.05, 3.63) is 29.5 Å². The summed E-state index contributed by atoms with van der Waals surface area (Å²) in [6.07, 6.45) is 2.74. The summed E-state index contributed by atoms with van der Waals surface area (Å²) in [5.41, 5.74) is 1.25. The number of aromatic nitrogens is 4. The van der Waals surface area contributed by atoms with Crippen LogP contribution in [0.25, 0.3) is 11.0 Å². The van der Waals surface area contributed by atoms with Gasteiger partial charge < -0.3 is 0 Å². The number of hydrogen-bond donors (Lipinski definition) is 1. The second-order valence-corrected chi connectivity index (χ2v) is 6.81. The lowest BCUT2D eigenvalue weighted by Crippen LogP contribution is -2.13. The Hall–Kier alpha value is -1.71. The molecule has 0 aliphatic heterocycles. The van der Waals surface area contributed by atoms with Gasteiger partial charge in [0.15, 0.2) is 0 Å². The standard InChI is InChI=1S/C11H10ClN5O2S2/c1-2-17-6-7(5-13-17)21(18,19)16-10-8(12)3-4-9-11(10)15-20-14-9/h3-6,16H,2H2,1H3. The minimum atomic E-state index is -3.78. The molecule has 110 valence electrons. The number of rotatable bonds is 4. The maximum absolute atomic E-state index is 12.4. The maximum Gasteiger partial charge on any atom is 0.265 e. The van der Waals surface area contributed by atoms with E-state index in [1.807, 2.05) is 6.92 Å². The van der Waals surface area contributed by atoms with Gasteiger partial charge in [0.1, 0.15) is 15.9 Å². The average Bonchev–Trinajstić information content (AvgIpc) is 3.10. The highest BCUT2D eigenvalue weighted by molar-refractivity contribution is 7.92. The van der Waals surface area contributed by atoms with Crippen LogP contribution in [0.2, 0.25) is 5.02 Å². The molecule has 2 heterocycles. The number of benzene rings is 1. The number of nitrogens with one attached hydrogen (secondary N) is 1. The summed E-state index contributed by atoms with van der Waals surface area (Å²) in [6, 6.07) is 3.27. The predicted octanol–water partition coefficient (Wildman–Crippen LogP) is 2.36. The number of sulfonamides is 1. The highest BCUT2D eigenvalue weighted by Crippen LogP contribution is 2.31. The first kappa shape index (κ1) is 14.2. The maximum atomic E-state index is 12.4. The van der Waals surface area contributed by atoms with E-state index in [1.54, 1.807) is 12.1 Å². The minimum absolute atomic E-state index is 0.0700. The fourth-order valence-electron chi connectivity index (χ4n) is 1.77. The number of fused-ring (bicyclic) bond motifs is 1. The van der Waals surface area contributed by atoms with E-state index in [9.17, 15) is 8.42 Å². The zero-order chi connectivity index (χ0) is 15.0. The molecule has 2 aromatic heterocycles. The van der Waals surface area contributed by atoms with Gasteiger partial charge in [-0.15, -0.1) is 0 Å². The van der Waals surface area contributed by atoms with E-state index in [-0.39, 0.29) is 15.6 Å². The Morgan fingerprint density at radius 2 is 2.19 bits per heavy atom. The van der Waals surface area contributed by atoms with Gasteiger partial charge in [-0.05, 0) is 19.1 Å². The van der Waals surface area contributed by atoms with Crippen molar-refractivity contribution >= 4 is 50.1 Å². The number of aryl methyl sites for hydroxylation is 1. The Morgan fingerprint density at radius 3 is 2.90 bits per heavy atom. The highest BCUT2D eigenvalue weighted by atomic mass is 35.5. The molecule has 3 aromatic rings. The minimum Gasteiger partial charge on any atom is -0.276 e. The van der Waals surface area contributed by atoms with Gasteiger partial charge in [-0.3, -0.25) is 9.40 Å². The third-order valence-corrected chi connectivity index (χ3v) is 5.02. The van der Waals surface area contributed by atoms with Gasteiger partial charge in [0.2, 0.25) is 0 Å². The van der Waals surface area contributed by atoms with Crippen LogP contribution in [0.3, 0.4) is 0 Å². The molecule has 1 N–H and O–H groups in total. The SMILES string of the molecule is CCn1cc(S(=O)(=O)Nc2c(Cl)ccc3nsnc23)cn1. The van der Waals surface area contributed by atoms with Crippen molar-refractivity contribution in [3.63, 3.8) is 0 Å². The van der Waals surface area contributed by atoms with Crippen LogP contribution in [-0.4, -0.2) is 26.9 Å². The second kappa shape index (κ2) is 5.24. The van der Waals surface area contributed by atoms with Gasteiger partial charge in [-0.2, -0.15) is 13.8 Å². The van der Waals surface area contributed by atoms with Gasteiger partial charge >= 0.3 is 0 Å². The van der Waals surface area contributed by atoms with E-state index < -0.39 is 10.0 Å². The molecule has 0 aliphatic rings. The van der Waals surface area contributed by atoms with Crippen molar-refractivity contribution in [1.82, 2.24) is 18.5 Å². The Balaban J connectivity index is 2.04. The van der Waals surface area contributed by atoms with Crippen LogP contribution in [0.1, 0.15) is 6.92 Å². The molecular formula is C11H10ClN5O2S2. The zero-order valence-electron chi connectivity index (χ0n) is 10.8. The van der Waals surface area contributed by atoms with Gasteiger partial charge in [0.25, 0.3) is 10.0 Å². The molecule has 0 bridgehead atoms. The van der Waals surface area contributed by atoms with Gasteiger partial charge in [-0.1, -0.05) is 11.6 Å². The fraction of sp³-hybridized carbons (Fsp3) is 0.182. The third kappa shape index (κ3) is 2.59.